The lowest BCUT2D eigenvalue weighted by molar-refractivity contribution is -0.389. The lowest BCUT2D eigenvalue weighted by atomic mass is 10.2. The minimum atomic E-state index is -0.348. The van der Waals surface area contributed by atoms with E-state index in [1.54, 1.807) is 21.9 Å². The molecule has 3 aromatic rings. The van der Waals surface area contributed by atoms with Gasteiger partial charge in [-0.2, -0.15) is 9.38 Å². The molecule has 1 fully saturated rings. The summed E-state index contributed by atoms with van der Waals surface area (Å²) in [5.41, 5.74) is 0. The Hall–Kier alpha value is -1.97. The van der Waals surface area contributed by atoms with Crippen LogP contribution in [0.15, 0.2) is 29.1 Å². The first-order chi connectivity index (χ1) is 11.7. The van der Waals surface area contributed by atoms with Crippen molar-refractivity contribution in [3.8, 4) is 0 Å². The van der Waals surface area contributed by atoms with E-state index < -0.39 is 0 Å². The number of ether oxygens (including phenoxy) is 1. The highest BCUT2D eigenvalue weighted by molar-refractivity contribution is 7.15. The van der Waals surface area contributed by atoms with Crippen LogP contribution in [0, 0.1) is 10.1 Å². The maximum Gasteiger partial charge on any atom is 0.373 e. The third-order valence-electron chi connectivity index (χ3n) is 4.07. The Morgan fingerprint density at radius 1 is 1.46 bits per heavy atom. The van der Waals surface area contributed by atoms with Crippen molar-refractivity contribution in [1.82, 2.24) is 9.38 Å². The summed E-state index contributed by atoms with van der Waals surface area (Å²) in [5.74, 6) is 0.455. The van der Waals surface area contributed by atoms with E-state index >= 15 is 0 Å². The number of anilines is 1. The smallest absolute Gasteiger partial charge is 0.373 e. The molecule has 0 spiro atoms. The fraction of sp³-hybridized carbons (Fsp3) is 0.400. The van der Waals surface area contributed by atoms with Gasteiger partial charge in [0.25, 0.3) is 4.96 Å². The summed E-state index contributed by atoms with van der Waals surface area (Å²) < 4.78 is 7.29. The Bertz CT molecular complexity index is 836. The van der Waals surface area contributed by atoms with Crippen molar-refractivity contribution in [2.75, 3.05) is 18.1 Å². The van der Waals surface area contributed by atoms with Crippen molar-refractivity contribution in [3.63, 3.8) is 0 Å². The summed E-state index contributed by atoms with van der Waals surface area (Å²) in [5, 5.41) is 15.5. The first-order valence-electron chi connectivity index (χ1n) is 7.71. The number of imidazole rings is 1. The van der Waals surface area contributed by atoms with Gasteiger partial charge >= 0.3 is 5.82 Å². The number of nitrogens with zero attached hydrogens (tertiary/aromatic N) is 4. The summed E-state index contributed by atoms with van der Waals surface area (Å²) in [6.07, 6.45) is 3.82. The SMILES string of the molecule is O=[N+]([O-])c1c(N(Cc2cccs2)CC2CCCO2)nc2sccn12. The molecule has 4 heterocycles. The predicted molar refractivity (Wildman–Crippen MR) is 94.1 cm³/mol. The van der Waals surface area contributed by atoms with Crippen molar-refractivity contribution in [3.05, 3.63) is 44.1 Å². The molecule has 4 rings (SSSR count). The summed E-state index contributed by atoms with van der Waals surface area (Å²) in [7, 11) is 0. The molecule has 3 aromatic heterocycles. The zero-order chi connectivity index (χ0) is 16.5. The molecular formula is C15H16N4O3S2. The maximum atomic E-state index is 11.6. The predicted octanol–water partition coefficient (Wildman–Crippen LogP) is 3.55. The number of hydrogen-bond acceptors (Lipinski definition) is 7. The fourth-order valence-corrected chi connectivity index (χ4v) is 4.42. The number of aromatic nitrogens is 2. The van der Waals surface area contributed by atoms with Crippen molar-refractivity contribution in [1.29, 1.82) is 0 Å². The van der Waals surface area contributed by atoms with Gasteiger partial charge in [0.15, 0.2) is 0 Å². The average Bonchev–Trinajstić information content (AvgIpc) is 3.31. The van der Waals surface area contributed by atoms with Crippen LogP contribution in [0.5, 0.6) is 0 Å². The van der Waals surface area contributed by atoms with Crippen LogP contribution < -0.4 is 4.90 Å². The lowest BCUT2D eigenvalue weighted by Crippen LogP contribution is -2.32. The highest BCUT2D eigenvalue weighted by Gasteiger charge is 2.30. The molecule has 0 bridgehead atoms. The Balaban J connectivity index is 1.72. The van der Waals surface area contributed by atoms with Crippen LogP contribution >= 0.6 is 22.7 Å². The van der Waals surface area contributed by atoms with Crippen LogP contribution in [0.2, 0.25) is 0 Å². The fourth-order valence-electron chi connectivity index (χ4n) is 2.99. The minimum Gasteiger partial charge on any atom is -0.376 e. The molecule has 1 aliphatic rings. The van der Waals surface area contributed by atoms with E-state index in [1.165, 1.54) is 11.3 Å². The molecule has 0 saturated carbocycles. The van der Waals surface area contributed by atoms with Gasteiger partial charge in [-0.15, -0.1) is 11.3 Å². The quantitative estimate of drug-likeness (QED) is 0.494. The van der Waals surface area contributed by atoms with E-state index in [9.17, 15) is 10.1 Å². The molecule has 0 amide bonds. The number of hydrogen-bond donors (Lipinski definition) is 0. The molecule has 1 saturated heterocycles. The second-order valence-corrected chi connectivity index (χ2v) is 7.57. The Kier molecular flexibility index (Phi) is 4.21. The number of rotatable bonds is 6. The number of thiophene rings is 1. The molecule has 0 aromatic carbocycles. The second kappa shape index (κ2) is 6.50. The van der Waals surface area contributed by atoms with Crippen LogP contribution in [-0.2, 0) is 11.3 Å². The monoisotopic (exact) mass is 364 g/mol. The van der Waals surface area contributed by atoms with Crippen LogP contribution in [0.1, 0.15) is 17.7 Å². The van der Waals surface area contributed by atoms with Gasteiger partial charge in [-0.25, -0.2) is 0 Å². The normalized spacial score (nSPS) is 17.6. The van der Waals surface area contributed by atoms with Gasteiger partial charge in [-0.1, -0.05) is 17.4 Å². The standard InChI is InChI=1S/C15H16N4O3S2/c20-19(21)14-13(16-15-18(14)5-8-24-15)17(9-11-3-1-6-22-11)10-12-4-2-7-23-12/h2,4-5,7-8,11H,1,3,6,9-10H2. The summed E-state index contributed by atoms with van der Waals surface area (Å²) >= 11 is 3.04. The molecule has 1 unspecified atom stereocenters. The molecule has 0 aliphatic carbocycles. The highest BCUT2D eigenvalue weighted by Crippen LogP contribution is 2.33. The first-order valence-corrected chi connectivity index (χ1v) is 9.47. The molecule has 0 N–H and O–H groups in total. The molecule has 9 heteroatoms. The van der Waals surface area contributed by atoms with E-state index in [4.69, 9.17) is 4.74 Å². The number of fused-ring (bicyclic) bond motifs is 1. The molecule has 1 atom stereocenters. The van der Waals surface area contributed by atoms with E-state index in [-0.39, 0.29) is 16.8 Å². The summed E-state index contributed by atoms with van der Waals surface area (Å²) in [4.78, 5) is 19.6. The molecule has 7 nitrogen and oxygen atoms in total. The lowest BCUT2D eigenvalue weighted by Gasteiger charge is -2.24. The maximum absolute atomic E-state index is 11.6. The second-order valence-electron chi connectivity index (χ2n) is 5.67. The van der Waals surface area contributed by atoms with Gasteiger partial charge in [0.05, 0.1) is 12.6 Å². The largest absolute Gasteiger partial charge is 0.376 e. The number of nitro groups is 1. The third-order valence-corrected chi connectivity index (χ3v) is 5.68. The molecular weight excluding hydrogens is 348 g/mol. The van der Waals surface area contributed by atoms with E-state index in [0.29, 0.717) is 23.9 Å². The van der Waals surface area contributed by atoms with Crippen molar-refractivity contribution >= 4 is 39.3 Å². The summed E-state index contributed by atoms with van der Waals surface area (Å²) in [6, 6.07) is 4.03. The molecule has 24 heavy (non-hydrogen) atoms. The van der Waals surface area contributed by atoms with Gasteiger partial charge in [0.1, 0.15) is 6.20 Å². The van der Waals surface area contributed by atoms with Gasteiger partial charge in [-0.3, -0.25) is 0 Å². The van der Waals surface area contributed by atoms with Gasteiger partial charge < -0.3 is 19.8 Å². The van der Waals surface area contributed by atoms with Crippen LogP contribution in [0.25, 0.3) is 4.96 Å². The Morgan fingerprint density at radius 3 is 3.08 bits per heavy atom. The minimum absolute atomic E-state index is 0.0285. The van der Waals surface area contributed by atoms with Crippen molar-refractivity contribution in [2.45, 2.75) is 25.5 Å². The third kappa shape index (κ3) is 2.90. The van der Waals surface area contributed by atoms with Gasteiger partial charge in [0.2, 0.25) is 5.82 Å². The molecule has 0 radical (unpaired) electrons. The Labute approximate surface area is 146 Å². The highest BCUT2D eigenvalue weighted by atomic mass is 32.1. The van der Waals surface area contributed by atoms with E-state index in [1.807, 2.05) is 27.8 Å². The topological polar surface area (TPSA) is 72.9 Å². The zero-order valence-electron chi connectivity index (χ0n) is 12.8. The van der Waals surface area contributed by atoms with Crippen LogP contribution in [0.3, 0.4) is 0 Å². The Morgan fingerprint density at radius 2 is 2.38 bits per heavy atom. The van der Waals surface area contributed by atoms with Crippen LogP contribution in [-0.4, -0.2) is 33.6 Å². The van der Waals surface area contributed by atoms with Crippen molar-refractivity contribution < 1.29 is 9.66 Å². The first kappa shape index (κ1) is 15.6. The summed E-state index contributed by atoms with van der Waals surface area (Å²) in [6.45, 7) is 1.98. The van der Waals surface area contributed by atoms with Gasteiger partial charge in [-0.05, 0) is 29.2 Å². The van der Waals surface area contributed by atoms with Crippen LogP contribution in [0.4, 0.5) is 11.6 Å². The van der Waals surface area contributed by atoms with Crippen molar-refractivity contribution in [2.24, 2.45) is 0 Å². The zero-order valence-corrected chi connectivity index (χ0v) is 14.5. The van der Waals surface area contributed by atoms with E-state index in [0.717, 1.165) is 24.3 Å². The number of thiazole rings is 1. The van der Waals surface area contributed by atoms with E-state index in [2.05, 4.69) is 4.98 Å². The van der Waals surface area contributed by atoms with Gasteiger partial charge in [0, 0.05) is 23.4 Å². The average molecular weight is 364 g/mol. The molecule has 126 valence electrons. The molecule has 1 aliphatic heterocycles.